The number of non-ortho nitro benzene ring substituents is 1. The molecule has 0 aliphatic carbocycles. The van der Waals surface area contributed by atoms with Crippen LogP contribution in [0.3, 0.4) is 0 Å². The van der Waals surface area contributed by atoms with Crippen LogP contribution >= 0.6 is 11.3 Å². The summed E-state index contributed by atoms with van der Waals surface area (Å²) >= 11 is 1.35. The van der Waals surface area contributed by atoms with Crippen LogP contribution in [0.5, 0.6) is 0 Å². The minimum atomic E-state index is -0.461. The van der Waals surface area contributed by atoms with Crippen molar-refractivity contribution in [3.05, 3.63) is 62.2 Å². The van der Waals surface area contributed by atoms with E-state index >= 15 is 0 Å². The smallest absolute Gasteiger partial charge is 0.269 e. The highest BCUT2D eigenvalue weighted by molar-refractivity contribution is 7.13. The summed E-state index contributed by atoms with van der Waals surface area (Å²) in [5.74, 6) is 0.211. The van der Waals surface area contributed by atoms with E-state index in [4.69, 9.17) is 0 Å². The Morgan fingerprint density at radius 2 is 1.93 bits per heavy atom. The second-order valence-corrected chi connectivity index (χ2v) is 8.12. The molecule has 1 aromatic carbocycles. The van der Waals surface area contributed by atoms with E-state index in [-0.39, 0.29) is 17.0 Å². The van der Waals surface area contributed by atoms with Gasteiger partial charge in [0.05, 0.1) is 27.5 Å². The van der Waals surface area contributed by atoms with E-state index in [1.807, 2.05) is 27.7 Å². The second-order valence-electron chi connectivity index (χ2n) is 7.09. The lowest BCUT2D eigenvalue weighted by molar-refractivity contribution is -0.384. The molecule has 27 heavy (non-hydrogen) atoms. The fourth-order valence-corrected chi connectivity index (χ4v) is 3.27. The molecule has 0 bridgehead atoms. The first kappa shape index (κ1) is 18.7. The SMILES string of the molecule is Cc1cc(NC(=O)c2cnc(C(C)(C)C)s2)n(-c2ccc([N+](=O)[O-])cc2)n1. The van der Waals surface area contributed by atoms with Crippen LogP contribution < -0.4 is 5.32 Å². The van der Waals surface area contributed by atoms with Crippen molar-refractivity contribution < 1.29 is 9.72 Å². The first-order valence-corrected chi connectivity index (χ1v) is 9.06. The molecule has 0 spiro atoms. The van der Waals surface area contributed by atoms with Gasteiger partial charge in [-0.2, -0.15) is 5.10 Å². The number of hydrogen-bond donors (Lipinski definition) is 1. The van der Waals surface area contributed by atoms with Gasteiger partial charge >= 0.3 is 0 Å². The van der Waals surface area contributed by atoms with Crippen LogP contribution in [0.25, 0.3) is 5.69 Å². The lowest BCUT2D eigenvalue weighted by atomic mass is 9.98. The zero-order valence-electron chi connectivity index (χ0n) is 15.4. The van der Waals surface area contributed by atoms with Crippen LogP contribution in [-0.4, -0.2) is 25.6 Å². The van der Waals surface area contributed by atoms with Crippen molar-refractivity contribution in [2.75, 3.05) is 5.32 Å². The van der Waals surface area contributed by atoms with E-state index in [2.05, 4.69) is 15.4 Å². The van der Waals surface area contributed by atoms with Crippen LogP contribution in [0, 0.1) is 17.0 Å². The number of nitrogens with zero attached hydrogens (tertiary/aromatic N) is 4. The van der Waals surface area contributed by atoms with Crippen molar-refractivity contribution in [3.63, 3.8) is 0 Å². The summed E-state index contributed by atoms with van der Waals surface area (Å²) in [6.07, 6.45) is 1.57. The Hall–Kier alpha value is -3.07. The topological polar surface area (TPSA) is 103 Å². The van der Waals surface area contributed by atoms with Gasteiger partial charge in [0.15, 0.2) is 0 Å². The molecule has 3 aromatic rings. The number of rotatable bonds is 4. The van der Waals surface area contributed by atoms with Crippen molar-refractivity contribution in [1.82, 2.24) is 14.8 Å². The molecule has 2 aromatic heterocycles. The molecule has 2 heterocycles. The van der Waals surface area contributed by atoms with Gasteiger partial charge in [0.25, 0.3) is 11.6 Å². The summed E-state index contributed by atoms with van der Waals surface area (Å²) in [5, 5.41) is 18.9. The molecule has 0 saturated heterocycles. The number of nitro groups is 1. The van der Waals surface area contributed by atoms with Crippen LogP contribution in [-0.2, 0) is 5.41 Å². The largest absolute Gasteiger partial charge is 0.306 e. The predicted molar refractivity (Wildman–Crippen MR) is 104 cm³/mol. The summed E-state index contributed by atoms with van der Waals surface area (Å²) in [6.45, 7) is 7.93. The zero-order valence-corrected chi connectivity index (χ0v) is 16.2. The summed E-state index contributed by atoms with van der Waals surface area (Å²) < 4.78 is 1.54. The highest BCUT2D eigenvalue weighted by atomic mass is 32.1. The molecule has 0 unspecified atom stereocenters. The van der Waals surface area contributed by atoms with Gasteiger partial charge < -0.3 is 5.32 Å². The van der Waals surface area contributed by atoms with Crippen molar-refractivity contribution >= 4 is 28.7 Å². The molecule has 1 amide bonds. The van der Waals surface area contributed by atoms with Gasteiger partial charge in [-0.3, -0.25) is 14.9 Å². The number of carbonyl (C=O) groups is 1. The molecule has 8 nitrogen and oxygen atoms in total. The number of amides is 1. The average molecular weight is 385 g/mol. The fourth-order valence-electron chi connectivity index (χ4n) is 2.40. The van der Waals surface area contributed by atoms with Gasteiger partial charge in [0.2, 0.25) is 0 Å². The first-order valence-electron chi connectivity index (χ1n) is 8.24. The van der Waals surface area contributed by atoms with Crippen molar-refractivity contribution in [3.8, 4) is 5.69 Å². The molecule has 0 fully saturated rings. The number of carbonyl (C=O) groups excluding carboxylic acids is 1. The maximum Gasteiger partial charge on any atom is 0.269 e. The molecule has 0 radical (unpaired) electrons. The van der Waals surface area contributed by atoms with Gasteiger partial charge in [-0.15, -0.1) is 11.3 Å². The monoisotopic (exact) mass is 385 g/mol. The quantitative estimate of drug-likeness (QED) is 0.538. The van der Waals surface area contributed by atoms with E-state index in [0.29, 0.717) is 22.1 Å². The minimum absolute atomic E-state index is 0.00687. The first-order chi connectivity index (χ1) is 12.6. The zero-order chi connectivity index (χ0) is 19.8. The molecule has 0 aliphatic rings. The van der Waals surface area contributed by atoms with E-state index in [1.54, 1.807) is 29.1 Å². The summed E-state index contributed by atoms with van der Waals surface area (Å²) in [6, 6.07) is 7.72. The Balaban J connectivity index is 1.86. The molecule has 0 saturated carbocycles. The number of nitrogens with one attached hydrogen (secondary N) is 1. The third-order valence-electron chi connectivity index (χ3n) is 3.75. The van der Waals surface area contributed by atoms with Crippen LogP contribution in [0.4, 0.5) is 11.5 Å². The number of aromatic nitrogens is 3. The van der Waals surface area contributed by atoms with E-state index in [1.165, 1.54) is 23.5 Å². The van der Waals surface area contributed by atoms with Crippen LogP contribution in [0.2, 0.25) is 0 Å². The van der Waals surface area contributed by atoms with Crippen LogP contribution in [0.15, 0.2) is 36.5 Å². The van der Waals surface area contributed by atoms with Gasteiger partial charge in [0.1, 0.15) is 10.7 Å². The standard InChI is InChI=1S/C18H19N5O3S/c1-11-9-15(20-16(24)14-10-19-17(27-14)18(2,3)4)22(21-11)12-5-7-13(8-6-12)23(25)26/h5-10H,1-4H3,(H,20,24). The maximum absolute atomic E-state index is 12.6. The lowest BCUT2D eigenvalue weighted by Gasteiger charge is -2.13. The Labute approximate surface area is 160 Å². The number of nitro benzene ring substituents is 1. The maximum atomic E-state index is 12.6. The molecule has 1 N–H and O–H groups in total. The normalized spacial score (nSPS) is 11.4. The van der Waals surface area contributed by atoms with Gasteiger partial charge in [-0.1, -0.05) is 20.8 Å². The Kier molecular flexibility index (Phi) is 4.79. The van der Waals surface area contributed by atoms with Crippen molar-refractivity contribution in [2.24, 2.45) is 0 Å². The Bertz CT molecular complexity index is 999. The van der Waals surface area contributed by atoms with E-state index < -0.39 is 4.92 Å². The molecule has 140 valence electrons. The van der Waals surface area contributed by atoms with Gasteiger partial charge in [-0.25, -0.2) is 9.67 Å². The lowest BCUT2D eigenvalue weighted by Crippen LogP contribution is -2.14. The van der Waals surface area contributed by atoms with Crippen molar-refractivity contribution in [1.29, 1.82) is 0 Å². The number of hydrogen-bond acceptors (Lipinski definition) is 6. The van der Waals surface area contributed by atoms with E-state index in [9.17, 15) is 14.9 Å². The third-order valence-corrected chi connectivity index (χ3v) is 5.17. The van der Waals surface area contributed by atoms with Crippen molar-refractivity contribution in [2.45, 2.75) is 33.1 Å². The second kappa shape index (κ2) is 6.92. The molecular weight excluding hydrogens is 366 g/mol. The van der Waals surface area contributed by atoms with Gasteiger partial charge in [0, 0.05) is 23.6 Å². The summed E-state index contributed by atoms with van der Waals surface area (Å²) in [5.41, 5.74) is 1.19. The number of aryl methyl sites for hydroxylation is 1. The fraction of sp³-hybridized carbons (Fsp3) is 0.278. The molecule has 0 aliphatic heterocycles. The minimum Gasteiger partial charge on any atom is -0.306 e. The number of anilines is 1. The number of benzene rings is 1. The average Bonchev–Trinajstić information content (AvgIpc) is 3.22. The van der Waals surface area contributed by atoms with Crippen LogP contribution in [0.1, 0.15) is 41.1 Å². The predicted octanol–water partition coefficient (Wildman–Crippen LogP) is 4.10. The highest BCUT2D eigenvalue weighted by Gasteiger charge is 2.21. The van der Waals surface area contributed by atoms with E-state index in [0.717, 1.165) is 5.01 Å². The molecule has 0 atom stereocenters. The highest BCUT2D eigenvalue weighted by Crippen LogP contribution is 2.27. The van der Waals surface area contributed by atoms with Gasteiger partial charge in [-0.05, 0) is 19.1 Å². The molecular formula is C18H19N5O3S. The molecule has 9 heteroatoms. The third kappa shape index (κ3) is 4.03. The molecule has 3 rings (SSSR count). The Morgan fingerprint density at radius 1 is 1.26 bits per heavy atom. The Morgan fingerprint density at radius 3 is 2.48 bits per heavy atom. The summed E-state index contributed by atoms with van der Waals surface area (Å²) in [7, 11) is 0. The number of thiazole rings is 1. The summed E-state index contributed by atoms with van der Waals surface area (Å²) in [4.78, 5) is 27.8.